The molecule has 4 nitrogen and oxygen atoms in total. The van der Waals surface area contributed by atoms with Crippen LogP contribution in [0.2, 0.25) is 5.02 Å². The molecular weight excluding hydrogens is 242 g/mol. The van der Waals surface area contributed by atoms with Gasteiger partial charge in [-0.1, -0.05) is 18.5 Å². The van der Waals surface area contributed by atoms with Crippen LogP contribution in [0.25, 0.3) is 0 Å². The van der Waals surface area contributed by atoms with Crippen molar-refractivity contribution in [2.45, 2.75) is 13.0 Å². The fraction of sp³-hybridized carbons (Fsp3) is 0.500. The van der Waals surface area contributed by atoms with Crippen LogP contribution in [0.5, 0.6) is 11.5 Å². The molecule has 0 spiro atoms. The quantitative estimate of drug-likeness (QED) is 0.866. The van der Waals surface area contributed by atoms with Crippen molar-refractivity contribution in [3.8, 4) is 11.5 Å². The predicted molar refractivity (Wildman–Crippen MR) is 65.6 cm³/mol. The Bertz CT molecular complexity index is 411. The standard InChI is InChI=1S/C12H16ClNO3/c1-7(6-14)11(15)8-4-9(13)12-10(5-8)16-2-3-17-12/h4-5,7,11,15H,2-3,6,14H2,1H3. The fourth-order valence-corrected chi connectivity index (χ4v) is 2.03. The minimum Gasteiger partial charge on any atom is -0.486 e. The number of halogens is 1. The van der Waals surface area contributed by atoms with Crippen LogP contribution in [0, 0.1) is 5.92 Å². The van der Waals surface area contributed by atoms with Crippen molar-refractivity contribution >= 4 is 11.6 Å². The molecule has 1 aromatic rings. The summed E-state index contributed by atoms with van der Waals surface area (Å²) in [7, 11) is 0. The Kier molecular flexibility index (Phi) is 3.76. The zero-order valence-electron chi connectivity index (χ0n) is 9.65. The molecule has 2 rings (SSSR count). The number of ether oxygens (including phenoxy) is 2. The van der Waals surface area contributed by atoms with E-state index in [4.69, 9.17) is 26.8 Å². The molecule has 94 valence electrons. The first kappa shape index (κ1) is 12.5. The minimum absolute atomic E-state index is 0.0337. The van der Waals surface area contributed by atoms with Crippen molar-refractivity contribution in [1.82, 2.24) is 0 Å². The van der Waals surface area contributed by atoms with Crippen molar-refractivity contribution in [3.05, 3.63) is 22.7 Å². The van der Waals surface area contributed by atoms with E-state index < -0.39 is 6.10 Å². The summed E-state index contributed by atoms with van der Waals surface area (Å²) in [5, 5.41) is 10.5. The lowest BCUT2D eigenvalue weighted by molar-refractivity contribution is 0.120. The Hall–Kier alpha value is -0.970. The molecule has 1 heterocycles. The Labute approximate surface area is 105 Å². The molecule has 0 aliphatic carbocycles. The molecule has 0 bridgehead atoms. The smallest absolute Gasteiger partial charge is 0.179 e. The highest BCUT2D eigenvalue weighted by Gasteiger charge is 2.21. The van der Waals surface area contributed by atoms with E-state index in [2.05, 4.69) is 0 Å². The Balaban J connectivity index is 2.33. The van der Waals surface area contributed by atoms with Crippen LogP contribution in [-0.4, -0.2) is 24.9 Å². The molecule has 1 aromatic carbocycles. The van der Waals surface area contributed by atoms with Gasteiger partial charge >= 0.3 is 0 Å². The Morgan fingerprint density at radius 2 is 2.12 bits per heavy atom. The molecule has 0 amide bonds. The van der Waals surface area contributed by atoms with Gasteiger partial charge in [0, 0.05) is 0 Å². The van der Waals surface area contributed by atoms with Crippen LogP contribution in [0.15, 0.2) is 12.1 Å². The number of aliphatic hydroxyl groups is 1. The van der Waals surface area contributed by atoms with Crippen LogP contribution in [0.1, 0.15) is 18.6 Å². The molecule has 1 aliphatic rings. The third-order valence-corrected chi connectivity index (χ3v) is 3.15. The highest BCUT2D eigenvalue weighted by Crippen LogP contribution is 2.40. The topological polar surface area (TPSA) is 64.7 Å². The maximum absolute atomic E-state index is 10.1. The van der Waals surface area contributed by atoms with Gasteiger partial charge in [-0.2, -0.15) is 0 Å². The van der Waals surface area contributed by atoms with E-state index in [1.807, 2.05) is 6.92 Å². The van der Waals surface area contributed by atoms with Crippen LogP contribution in [0.3, 0.4) is 0 Å². The van der Waals surface area contributed by atoms with Crippen LogP contribution in [0.4, 0.5) is 0 Å². The Morgan fingerprint density at radius 1 is 1.41 bits per heavy atom. The van der Waals surface area contributed by atoms with Crippen LogP contribution >= 0.6 is 11.6 Å². The highest BCUT2D eigenvalue weighted by atomic mass is 35.5. The summed E-state index contributed by atoms with van der Waals surface area (Å²) in [4.78, 5) is 0. The summed E-state index contributed by atoms with van der Waals surface area (Å²) in [6.07, 6.45) is -0.645. The maximum Gasteiger partial charge on any atom is 0.179 e. The minimum atomic E-state index is -0.645. The maximum atomic E-state index is 10.1. The zero-order chi connectivity index (χ0) is 12.4. The van der Waals surface area contributed by atoms with E-state index in [0.29, 0.717) is 41.8 Å². The summed E-state index contributed by atoms with van der Waals surface area (Å²) < 4.78 is 10.9. The number of hydrogen-bond donors (Lipinski definition) is 2. The van der Waals surface area contributed by atoms with Gasteiger partial charge in [0.2, 0.25) is 0 Å². The number of rotatable bonds is 3. The lowest BCUT2D eigenvalue weighted by Gasteiger charge is -2.23. The first-order valence-electron chi connectivity index (χ1n) is 5.60. The molecule has 0 fully saturated rings. The fourth-order valence-electron chi connectivity index (χ4n) is 1.76. The first-order chi connectivity index (χ1) is 8.13. The third kappa shape index (κ3) is 2.49. The van der Waals surface area contributed by atoms with E-state index in [0.717, 1.165) is 0 Å². The second-order valence-electron chi connectivity index (χ2n) is 4.18. The van der Waals surface area contributed by atoms with Gasteiger partial charge in [-0.05, 0) is 30.2 Å². The van der Waals surface area contributed by atoms with Gasteiger partial charge in [0.1, 0.15) is 13.2 Å². The molecule has 5 heteroatoms. The number of fused-ring (bicyclic) bond motifs is 1. The average molecular weight is 258 g/mol. The van der Waals surface area contributed by atoms with Gasteiger partial charge in [-0.25, -0.2) is 0 Å². The van der Waals surface area contributed by atoms with Gasteiger partial charge < -0.3 is 20.3 Å². The first-order valence-corrected chi connectivity index (χ1v) is 5.98. The van der Waals surface area contributed by atoms with Gasteiger partial charge in [0.05, 0.1) is 11.1 Å². The lowest BCUT2D eigenvalue weighted by atomic mass is 9.97. The molecule has 0 radical (unpaired) electrons. The van der Waals surface area contributed by atoms with E-state index in [1.165, 1.54) is 0 Å². The van der Waals surface area contributed by atoms with Crippen LogP contribution < -0.4 is 15.2 Å². The molecule has 17 heavy (non-hydrogen) atoms. The van der Waals surface area contributed by atoms with Gasteiger partial charge in [0.25, 0.3) is 0 Å². The molecular formula is C12H16ClNO3. The largest absolute Gasteiger partial charge is 0.486 e. The Morgan fingerprint density at radius 3 is 2.82 bits per heavy atom. The van der Waals surface area contributed by atoms with Gasteiger partial charge in [-0.15, -0.1) is 0 Å². The molecule has 0 saturated heterocycles. The molecule has 1 aliphatic heterocycles. The summed E-state index contributed by atoms with van der Waals surface area (Å²) >= 11 is 6.09. The van der Waals surface area contributed by atoms with Gasteiger partial charge in [-0.3, -0.25) is 0 Å². The van der Waals surface area contributed by atoms with Gasteiger partial charge in [0.15, 0.2) is 11.5 Å². The summed E-state index contributed by atoms with van der Waals surface area (Å²) in [6.45, 7) is 3.28. The summed E-state index contributed by atoms with van der Waals surface area (Å²) in [5.41, 5.74) is 6.24. The number of nitrogens with two attached hydrogens (primary N) is 1. The summed E-state index contributed by atoms with van der Waals surface area (Å²) in [5.74, 6) is 1.10. The van der Waals surface area contributed by atoms with Crippen molar-refractivity contribution in [3.63, 3.8) is 0 Å². The monoisotopic (exact) mass is 257 g/mol. The van der Waals surface area contributed by atoms with E-state index in [1.54, 1.807) is 12.1 Å². The number of aliphatic hydroxyl groups excluding tert-OH is 1. The van der Waals surface area contributed by atoms with Crippen molar-refractivity contribution in [2.75, 3.05) is 19.8 Å². The lowest BCUT2D eigenvalue weighted by Crippen LogP contribution is -2.20. The number of benzene rings is 1. The predicted octanol–water partition coefficient (Wildman–Crippen LogP) is 1.74. The molecule has 2 atom stereocenters. The summed E-state index contributed by atoms with van der Waals surface area (Å²) in [6, 6.07) is 3.46. The second kappa shape index (κ2) is 5.12. The SMILES string of the molecule is CC(CN)C(O)c1cc(Cl)c2c(c1)OCCO2. The van der Waals surface area contributed by atoms with Crippen molar-refractivity contribution in [2.24, 2.45) is 11.7 Å². The zero-order valence-corrected chi connectivity index (χ0v) is 10.4. The molecule has 0 saturated carbocycles. The van der Waals surface area contributed by atoms with Crippen molar-refractivity contribution < 1.29 is 14.6 Å². The second-order valence-corrected chi connectivity index (χ2v) is 4.59. The van der Waals surface area contributed by atoms with Crippen molar-refractivity contribution in [1.29, 1.82) is 0 Å². The van der Waals surface area contributed by atoms with E-state index >= 15 is 0 Å². The van der Waals surface area contributed by atoms with E-state index in [9.17, 15) is 5.11 Å². The highest BCUT2D eigenvalue weighted by molar-refractivity contribution is 6.32. The molecule has 0 aromatic heterocycles. The third-order valence-electron chi connectivity index (χ3n) is 2.87. The van der Waals surface area contributed by atoms with Crippen LogP contribution in [-0.2, 0) is 0 Å². The number of hydrogen-bond acceptors (Lipinski definition) is 4. The average Bonchev–Trinajstić information content (AvgIpc) is 2.37. The van der Waals surface area contributed by atoms with E-state index in [-0.39, 0.29) is 5.92 Å². The molecule has 2 unspecified atom stereocenters. The normalized spacial score (nSPS) is 17.6. The molecule has 3 N–H and O–H groups in total.